The highest BCUT2D eigenvalue weighted by molar-refractivity contribution is 7.98. The third-order valence-electron chi connectivity index (χ3n) is 2.90. The molecule has 0 saturated carbocycles. The van der Waals surface area contributed by atoms with Crippen LogP contribution in [0.1, 0.15) is 30.3 Å². The van der Waals surface area contributed by atoms with Gasteiger partial charge in [0.25, 0.3) is 0 Å². The Bertz CT molecular complexity index is 508. The summed E-state index contributed by atoms with van der Waals surface area (Å²) < 4.78 is 0. The normalized spacial score (nSPS) is 10.7. The monoisotopic (exact) mass is 287 g/mol. The van der Waals surface area contributed by atoms with E-state index in [0.29, 0.717) is 0 Å². The average molecular weight is 287 g/mol. The van der Waals surface area contributed by atoms with E-state index >= 15 is 0 Å². The maximum Gasteiger partial charge on any atom is 0.138 e. The predicted octanol–water partition coefficient (Wildman–Crippen LogP) is 3.58. The van der Waals surface area contributed by atoms with Crippen LogP contribution >= 0.6 is 11.8 Å². The van der Waals surface area contributed by atoms with Gasteiger partial charge in [0.15, 0.2) is 0 Å². The summed E-state index contributed by atoms with van der Waals surface area (Å²) in [6.45, 7) is 6.14. The lowest BCUT2D eigenvalue weighted by molar-refractivity contribution is 0.671. The minimum Gasteiger partial charge on any atom is -0.313 e. The molecule has 0 bridgehead atoms. The standard InChI is InChI=1S/C16H21N3S/c1-3-8-17-9-14-10-18-16(19-11-14)12-20-15-6-4-13(2)5-7-15/h4-7,10-11,17H,3,8-9,12H2,1-2H3. The Morgan fingerprint density at radius 2 is 1.80 bits per heavy atom. The van der Waals surface area contributed by atoms with Crippen LogP contribution < -0.4 is 5.32 Å². The third-order valence-corrected chi connectivity index (χ3v) is 3.91. The van der Waals surface area contributed by atoms with Gasteiger partial charge in [0, 0.05) is 29.4 Å². The van der Waals surface area contributed by atoms with Crippen molar-refractivity contribution in [3.05, 3.63) is 53.6 Å². The van der Waals surface area contributed by atoms with E-state index in [1.54, 1.807) is 11.8 Å². The zero-order chi connectivity index (χ0) is 14.2. The van der Waals surface area contributed by atoms with Crippen molar-refractivity contribution in [2.24, 2.45) is 0 Å². The topological polar surface area (TPSA) is 37.8 Å². The number of hydrogen-bond acceptors (Lipinski definition) is 4. The van der Waals surface area contributed by atoms with Crippen molar-refractivity contribution < 1.29 is 0 Å². The molecule has 1 heterocycles. The molecule has 2 rings (SSSR count). The molecule has 0 fully saturated rings. The summed E-state index contributed by atoms with van der Waals surface area (Å²) in [7, 11) is 0. The molecule has 4 heteroatoms. The lowest BCUT2D eigenvalue weighted by Crippen LogP contribution is -2.14. The quantitative estimate of drug-likeness (QED) is 0.624. The van der Waals surface area contributed by atoms with E-state index in [0.717, 1.165) is 36.7 Å². The molecule has 0 aliphatic rings. The van der Waals surface area contributed by atoms with Crippen LogP contribution in [0.3, 0.4) is 0 Å². The van der Waals surface area contributed by atoms with E-state index in [2.05, 4.69) is 53.4 Å². The molecule has 2 aromatic rings. The third kappa shape index (κ3) is 4.94. The van der Waals surface area contributed by atoms with Crippen molar-refractivity contribution in [3.63, 3.8) is 0 Å². The lowest BCUT2D eigenvalue weighted by atomic mass is 10.2. The number of nitrogens with zero attached hydrogens (tertiary/aromatic N) is 2. The van der Waals surface area contributed by atoms with Gasteiger partial charge in [-0.3, -0.25) is 0 Å². The van der Waals surface area contributed by atoms with Crippen LogP contribution in [0.4, 0.5) is 0 Å². The molecule has 20 heavy (non-hydrogen) atoms. The molecule has 1 aromatic heterocycles. The summed E-state index contributed by atoms with van der Waals surface area (Å²) in [5.74, 6) is 1.70. The Hall–Kier alpha value is -1.39. The van der Waals surface area contributed by atoms with Gasteiger partial charge in [-0.15, -0.1) is 11.8 Å². The van der Waals surface area contributed by atoms with Crippen LogP contribution in [0, 0.1) is 6.92 Å². The summed E-state index contributed by atoms with van der Waals surface area (Å²) in [5.41, 5.74) is 2.43. The molecule has 0 aliphatic heterocycles. The van der Waals surface area contributed by atoms with Crippen molar-refractivity contribution in [3.8, 4) is 0 Å². The van der Waals surface area contributed by atoms with Gasteiger partial charge < -0.3 is 5.32 Å². The second-order valence-electron chi connectivity index (χ2n) is 4.79. The average Bonchev–Trinajstić information content (AvgIpc) is 2.48. The Morgan fingerprint density at radius 3 is 2.45 bits per heavy atom. The summed E-state index contributed by atoms with van der Waals surface area (Å²) >= 11 is 1.77. The van der Waals surface area contributed by atoms with Crippen molar-refractivity contribution in [1.29, 1.82) is 0 Å². The number of aryl methyl sites for hydroxylation is 1. The number of benzene rings is 1. The van der Waals surface area contributed by atoms with Crippen LogP contribution in [0.2, 0.25) is 0 Å². The van der Waals surface area contributed by atoms with Gasteiger partial charge >= 0.3 is 0 Å². The van der Waals surface area contributed by atoms with Crippen molar-refractivity contribution in [2.75, 3.05) is 6.54 Å². The molecule has 0 saturated heterocycles. The van der Waals surface area contributed by atoms with Crippen LogP contribution in [-0.4, -0.2) is 16.5 Å². The fourth-order valence-electron chi connectivity index (χ4n) is 1.74. The molecule has 0 aliphatic carbocycles. The predicted molar refractivity (Wildman–Crippen MR) is 84.8 cm³/mol. The van der Waals surface area contributed by atoms with Crippen molar-refractivity contribution in [2.45, 2.75) is 37.5 Å². The molecule has 106 valence electrons. The first-order valence-electron chi connectivity index (χ1n) is 6.98. The fourth-order valence-corrected chi connectivity index (χ4v) is 2.51. The van der Waals surface area contributed by atoms with Gasteiger partial charge in [0.05, 0.1) is 5.75 Å². The summed E-state index contributed by atoms with van der Waals surface area (Å²) in [4.78, 5) is 10.1. The van der Waals surface area contributed by atoms with E-state index in [1.165, 1.54) is 10.5 Å². The molecule has 1 N–H and O–H groups in total. The van der Waals surface area contributed by atoms with E-state index in [-0.39, 0.29) is 0 Å². The Kier molecular flexibility index (Phi) is 6.02. The van der Waals surface area contributed by atoms with Crippen LogP contribution in [0.5, 0.6) is 0 Å². The number of rotatable bonds is 7. The molecule has 0 amide bonds. The summed E-state index contributed by atoms with van der Waals surface area (Å²) in [6.07, 6.45) is 4.98. The van der Waals surface area contributed by atoms with Gasteiger partial charge in [0.1, 0.15) is 5.82 Å². The molecular formula is C16H21N3S. The highest BCUT2D eigenvalue weighted by atomic mass is 32.2. The fraction of sp³-hybridized carbons (Fsp3) is 0.375. The van der Waals surface area contributed by atoms with Gasteiger partial charge in [-0.05, 0) is 32.0 Å². The minimum atomic E-state index is 0.811. The van der Waals surface area contributed by atoms with E-state index < -0.39 is 0 Å². The molecule has 1 aromatic carbocycles. The highest BCUT2D eigenvalue weighted by Gasteiger charge is 2.00. The van der Waals surface area contributed by atoms with Gasteiger partial charge in [-0.2, -0.15) is 0 Å². The molecule has 0 unspecified atom stereocenters. The first-order valence-corrected chi connectivity index (χ1v) is 7.96. The number of hydrogen-bond donors (Lipinski definition) is 1. The molecule has 0 atom stereocenters. The van der Waals surface area contributed by atoms with Crippen molar-refractivity contribution >= 4 is 11.8 Å². The second kappa shape index (κ2) is 8.02. The van der Waals surface area contributed by atoms with Crippen molar-refractivity contribution in [1.82, 2.24) is 15.3 Å². The van der Waals surface area contributed by atoms with E-state index in [9.17, 15) is 0 Å². The molecular weight excluding hydrogens is 266 g/mol. The van der Waals surface area contributed by atoms with Gasteiger partial charge in [-0.1, -0.05) is 24.6 Å². The lowest BCUT2D eigenvalue weighted by Gasteiger charge is -2.04. The summed E-state index contributed by atoms with van der Waals surface area (Å²) in [5, 5.41) is 3.35. The second-order valence-corrected chi connectivity index (χ2v) is 5.83. The van der Waals surface area contributed by atoms with E-state index in [1.807, 2.05) is 12.4 Å². The first kappa shape index (κ1) is 15.0. The number of thioether (sulfide) groups is 1. The number of nitrogens with one attached hydrogen (secondary N) is 1. The zero-order valence-corrected chi connectivity index (χ0v) is 12.9. The van der Waals surface area contributed by atoms with E-state index in [4.69, 9.17) is 0 Å². The molecule has 3 nitrogen and oxygen atoms in total. The van der Waals surface area contributed by atoms with Gasteiger partial charge in [0.2, 0.25) is 0 Å². The highest BCUT2D eigenvalue weighted by Crippen LogP contribution is 2.21. The minimum absolute atomic E-state index is 0.811. The van der Waals surface area contributed by atoms with Crippen LogP contribution in [-0.2, 0) is 12.3 Å². The smallest absolute Gasteiger partial charge is 0.138 e. The Morgan fingerprint density at radius 1 is 1.10 bits per heavy atom. The van der Waals surface area contributed by atoms with Crippen LogP contribution in [0.15, 0.2) is 41.6 Å². The Labute approximate surface area is 125 Å². The molecule has 0 radical (unpaired) electrons. The number of aromatic nitrogens is 2. The maximum absolute atomic E-state index is 4.42. The largest absolute Gasteiger partial charge is 0.313 e. The first-order chi connectivity index (χ1) is 9.78. The van der Waals surface area contributed by atoms with Crippen LogP contribution in [0.25, 0.3) is 0 Å². The maximum atomic E-state index is 4.42. The SMILES string of the molecule is CCCNCc1cnc(CSc2ccc(C)cc2)nc1. The summed E-state index contributed by atoms with van der Waals surface area (Å²) in [6, 6.07) is 8.55. The zero-order valence-electron chi connectivity index (χ0n) is 12.1. The molecule has 0 spiro atoms. The Balaban J connectivity index is 1.82. The van der Waals surface area contributed by atoms with Gasteiger partial charge in [-0.25, -0.2) is 9.97 Å².